The Hall–Kier alpha value is -2.17. The van der Waals surface area contributed by atoms with Crippen molar-refractivity contribution >= 4 is 18.3 Å². The Morgan fingerprint density at radius 3 is 2.30 bits per heavy atom. The summed E-state index contributed by atoms with van der Waals surface area (Å²) in [6.45, 7) is 2.84. The summed E-state index contributed by atoms with van der Waals surface area (Å²) in [4.78, 5) is 20.3. The summed E-state index contributed by atoms with van der Waals surface area (Å²) in [6.07, 6.45) is -4.41. The number of alkyl halides is 3. The minimum Gasteiger partial charge on any atom is -0.338 e. The van der Waals surface area contributed by atoms with E-state index in [9.17, 15) is 18.0 Å². The third kappa shape index (κ3) is 5.18. The van der Waals surface area contributed by atoms with Crippen molar-refractivity contribution in [3.05, 3.63) is 47.1 Å². The molecule has 7 nitrogen and oxygen atoms in total. The highest BCUT2D eigenvalue weighted by Gasteiger charge is 2.30. The number of rotatable bonds is 4. The van der Waals surface area contributed by atoms with Crippen LogP contribution in [0.4, 0.5) is 13.2 Å². The Balaban J connectivity index is 0.00000261. The molecule has 0 spiro atoms. The van der Waals surface area contributed by atoms with Crippen molar-refractivity contribution in [2.24, 2.45) is 5.73 Å². The van der Waals surface area contributed by atoms with Gasteiger partial charge in [0.15, 0.2) is 5.82 Å². The number of piperazine rings is 1. The van der Waals surface area contributed by atoms with Crippen molar-refractivity contribution in [3.63, 3.8) is 0 Å². The molecule has 1 aliphatic heterocycles. The number of nitrogens with zero attached hydrogens (tertiary/aromatic N) is 4. The van der Waals surface area contributed by atoms with E-state index < -0.39 is 11.7 Å². The third-order valence-electron chi connectivity index (χ3n) is 4.17. The lowest BCUT2D eigenvalue weighted by molar-refractivity contribution is -0.137. The van der Waals surface area contributed by atoms with E-state index in [0.717, 1.165) is 12.1 Å². The first kappa shape index (κ1) is 21.1. The van der Waals surface area contributed by atoms with E-state index in [0.29, 0.717) is 44.4 Å². The summed E-state index contributed by atoms with van der Waals surface area (Å²) < 4.78 is 42.7. The molecule has 148 valence electrons. The highest BCUT2D eigenvalue weighted by Crippen LogP contribution is 2.29. The Bertz CT molecular complexity index is 758. The zero-order valence-electron chi connectivity index (χ0n) is 14.3. The molecule has 1 aliphatic rings. The van der Waals surface area contributed by atoms with Crippen LogP contribution in [0.5, 0.6) is 0 Å². The topological polar surface area (TPSA) is 88.5 Å². The van der Waals surface area contributed by atoms with Gasteiger partial charge in [0.05, 0.1) is 18.7 Å². The van der Waals surface area contributed by atoms with Gasteiger partial charge in [0.25, 0.3) is 5.91 Å². The Morgan fingerprint density at radius 1 is 1.15 bits per heavy atom. The normalized spacial score (nSPS) is 15.5. The van der Waals surface area contributed by atoms with Crippen molar-refractivity contribution < 1.29 is 22.5 Å². The van der Waals surface area contributed by atoms with Crippen LogP contribution in [0.1, 0.15) is 27.6 Å². The number of carbonyl (C=O) groups is 1. The number of carbonyl (C=O) groups excluding carboxylic acids is 1. The fourth-order valence-corrected chi connectivity index (χ4v) is 2.73. The number of hydrogen-bond acceptors (Lipinski definition) is 6. The van der Waals surface area contributed by atoms with Gasteiger partial charge in [-0.3, -0.25) is 9.69 Å². The minimum atomic E-state index is -4.41. The molecule has 0 atom stereocenters. The van der Waals surface area contributed by atoms with Gasteiger partial charge in [0, 0.05) is 31.7 Å². The molecule has 2 N–H and O–H groups in total. The number of hydrogen-bond donors (Lipinski definition) is 1. The lowest BCUT2D eigenvalue weighted by Gasteiger charge is -2.34. The van der Waals surface area contributed by atoms with Crippen LogP contribution in [0.25, 0.3) is 0 Å². The van der Waals surface area contributed by atoms with Gasteiger partial charge in [-0.2, -0.15) is 18.2 Å². The number of amides is 1. The van der Waals surface area contributed by atoms with Gasteiger partial charge in [0.1, 0.15) is 0 Å². The summed E-state index contributed by atoms with van der Waals surface area (Å²) in [5.74, 6) is 0.632. The van der Waals surface area contributed by atoms with Gasteiger partial charge in [-0.15, -0.1) is 12.4 Å². The second-order valence-corrected chi connectivity index (χ2v) is 5.95. The van der Waals surface area contributed by atoms with Crippen LogP contribution in [0.3, 0.4) is 0 Å². The second-order valence-electron chi connectivity index (χ2n) is 5.95. The molecule has 1 aromatic heterocycles. The molecule has 2 heterocycles. The SMILES string of the molecule is Cl.NCc1nc(CN2CCN(C(=O)c3ccc(C(F)(F)F)cc3)CC2)no1. The largest absolute Gasteiger partial charge is 0.416 e. The molecule has 27 heavy (non-hydrogen) atoms. The van der Waals surface area contributed by atoms with Crippen molar-refractivity contribution in [3.8, 4) is 0 Å². The summed E-state index contributed by atoms with van der Waals surface area (Å²) in [7, 11) is 0. The van der Waals surface area contributed by atoms with Gasteiger partial charge in [-0.25, -0.2) is 0 Å². The van der Waals surface area contributed by atoms with Crippen LogP contribution in [-0.4, -0.2) is 52.0 Å². The zero-order chi connectivity index (χ0) is 18.7. The molecule has 2 aromatic rings. The first-order valence-corrected chi connectivity index (χ1v) is 8.07. The van der Waals surface area contributed by atoms with Crippen molar-refractivity contribution in [2.45, 2.75) is 19.3 Å². The molecule has 1 aromatic carbocycles. The van der Waals surface area contributed by atoms with Crippen molar-refractivity contribution in [1.29, 1.82) is 0 Å². The molecule has 3 rings (SSSR count). The maximum absolute atomic E-state index is 12.6. The highest BCUT2D eigenvalue weighted by molar-refractivity contribution is 5.94. The fraction of sp³-hybridized carbons (Fsp3) is 0.438. The first-order valence-electron chi connectivity index (χ1n) is 8.07. The average molecular weight is 406 g/mol. The number of aromatic nitrogens is 2. The quantitative estimate of drug-likeness (QED) is 0.836. The molecule has 0 saturated carbocycles. The summed E-state index contributed by atoms with van der Waals surface area (Å²) >= 11 is 0. The van der Waals surface area contributed by atoms with E-state index in [1.54, 1.807) is 4.90 Å². The maximum Gasteiger partial charge on any atom is 0.416 e. The van der Waals surface area contributed by atoms with Crippen molar-refractivity contribution in [2.75, 3.05) is 26.2 Å². The van der Waals surface area contributed by atoms with Gasteiger partial charge in [-0.05, 0) is 24.3 Å². The predicted octanol–water partition coefficient (Wildman–Crippen LogP) is 1.93. The van der Waals surface area contributed by atoms with E-state index >= 15 is 0 Å². The van der Waals surface area contributed by atoms with E-state index in [4.69, 9.17) is 10.3 Å². The van der Waals surface area contributed by atoms with Gasteiger partial charge in [-0.1, -0.05) is 5.16 Å². The maximum atomic E-state index is 12.6. The van der Waals surface area contributed by atoms with Crippen LogP contribution < -0.4 is 5.73 Å². The summed E-state index contributed by atoms with van der Waals surface area (Å²) in [6, 6.07) is 4.28. The van der Waals surface area contributed by atoms with Crippen molar-refractivity contribution in [1.82, 2.24) is 19.9 Å². The minimum absolute atomic E-state index is 0. The smallest absolute Gasteiger partial charge is 0.338 e. The molecule has 11 heteroatoms. The second kappa shape index (κ2) is 8.68. The number of benzene rings is 1. The molecule has 1 amide bonds. The Labute approximate surface area is 159 Å². The first-order chi connectivity index (χ1) is 12.4. The number of nitrogens with two attached hydrogens (primary N) is 1. The van der Waals surface area contributed by atoms with Crippen LogP contribution >= 0.6 is 12.4 Å². The predicted molar refractivity (Wildman–Crippen MR) is 92.1 cm³/mol. The molecule has 1 saturated heterocycles. The van der Waals surface area contributed by atoms with Crippen LogP contribution in [0.15, 0.2) is 28.8 Å². The van der Waals surface area contributed by atoms with E-state index in [2.05, 4.69) is 15.0 Å². The standard InChI is InChI=1S/C16H18F3N5O2.ClH/c17-16(18,19)12-3-1-11(2-4-12)15(25)24-7-5-23(6-8-24)10-13-21-14(9-20)26-22-13;/h1-4H,5-10,20H2;1H. The third-order valence-corrected chi connectivity index (χ3v) is 4.17. The number of halogens is 4. The van der Waals surface area contributed by atoms with Crippen LogP contribution in [0.2, 0.25) is 0 Å². The van der Waals surface area contributed by atoms with Gasteiger partial charge >= 0.3 is 6.18 Å². The highest BCUT2D eigenvalue weighted by atomic mass is 35.5. The summed E-state index contributed by atoms with van der Waals surface area (Å²) in [5.41, 5.74) is 4.90. The molecule has 0 bridgehead atoms. The molecule has 0 aliphatic carbocycles. The van der Waals surface area contributed by atoms with Gasteiger partial charge < -0.3 is 15.2 Å². The van der Waals surface area contributed by atoms with Crippen LogP contribution in [-0.2, 0) is 19.3 Å². The Kier molecular flexibility index (Phi) is 6.79. The lowest BCUT2D eigenvalue weighted by Crippen LogP contribution is -2.48. The Morgan fingerprint density at radius 2 is 1.78 bits per heavy atom. The summed E-state index contributed by atoms with van der Waals surface area (Å²) in [5, 5.41) is 3.83. The zero-order valence-corrected chi connectivity index (χ0v) is 15.1. The monoisotopic (exact) mass is 405 g/mol. The van der Waals surface area contributed by atoms with E-state index in [-0.39, 0.29) is 30.4 Å². The molecule has 0 radical (unpaired) electrons. The molecular weight excluding hydrogens is 387 g/mol. The molecular formula is C16H19ClF3N5O2. The van der Waals surface area contributed by atoms with E-state index in [1.807, 2.05) is 0 Å². The van der Waals surface area contributed by atoms with E-state index in [1.165, 1.54) is 12.1 Å². The average Bonchev–Trinajstić information content (AvgIpc) is 3.09. The fourth-order valence-electron chi connectivity index (χ4n) is 2.73. The van der Waals surface area contributed by atoms with Crippen LogP contribution in [0, 0.1) is 0 Å². The molecule has 0 unspecified atom stereocenters. The lowest BCUT2D eigenvalue weighted by atomic mass is 10.1. The van der Waals surface area contributed by atoms with Gasteiger partial charge in [0.2, 0.25) is 5.89 Å². The molecule has 1 fully saturated rings.